The number of hydrazine groups is 1. The first-order chi connectivity index (χ1) is 9.58. The summed E-state index contributed by atoms with van der Waals surface area (Å²) in [4.78, 5) is 11.5. The number of rotatable bonds is 5. The van der Waals surface area contributed by atoms with Gasteiger partial charge in [0.1, 0.15) is 17.5 Å². The second-order valence-corrected chi connectivity index (χ2v) is 5.58. The van der Waals surface area contributed by atoms with Crippen LogP contribution in [0.15, 0.2) is 6.07 Å². The number of likely N-dealkylation sites (N-methyl/N-ethyl adjacent to an activating group) is 1. The Kier molecular flexibility index (Phi) is 5.14. The van der Waals surface area contributed by atoms with E-state index in [4.69, 9.17) is 0 Å². The van der Waals surface area contributed by atoms with Crippen molar-refractivity contribution < 1.29 is 0 Å². The Labute approximate surface area is 121 Å². The highest BCUT2D eigenvalue weighted by atomic mass is 15.5. The van der Waals surface area contributed by atoms with Gasteiger partial charge in [0.25, 0.3) is 0 Å². The monoisotopic (exact) mass is 278 g/mol. The predicted octanol–water partition coefficient (Wildman–Crippen LogP) is 1.61. The minimum absolute atomic E-state index is 0.321. The molecule has 2 rings (SSSR count). The molecular formula is C14H26N6. The molecule has 0 radical (unpaired) electrons. The van der Waals surface area contributed by atoms with E-state index in [9.17, 15) is 0 Å². The predicted molar refractivity (Wildman–Crippen MR) is 83.0 cm³/mol. The van der Waals surface area contributed by atoms with Crippen molar-refractivity contribution >= 4 is 11.6 Å². The van der Waals surface area contributed by atoms with E-state index in [2.05, 4.69) is 58.4 Å². The minimum atomic E-state index is 0.321. The molecule has 0 amide bonds. The zero-order valence-corrected chi connectivity index (χ0v) is 13.0. The van der Waals surface area contributed by atoms with Crippen molar-refractivity contribution in [1.82, 2.24) is 19.9 Å². The van der Waals surface area contributed by atoms with Crippen LogP contribution >= 0.6 is 0 Å². The van der Waals surface area contributed by atoms with E-state index in [1.54, 1.807) is 0 Å². The summed E-state index contributed by atoms with van der Waals surface area (Å²) in [6, 6.07) is 1.98. The van der Waals surface area contributed by atoms with Crippen molar-refractivity contribution in [2.75, 3.05) is 50.5 Å². The molecular weight excluding hydrogens is 252 g/mol. The van der Waals surface area contributed by atoms with Gasteiger partial charge in [0.05, 0.1) is 0 Å². The smallest absolute Gasteiger partial charge is 0.146 e. The van der Waals surface area contributed by atoms with Crippen molar-refractivity contribution in [2.45, 2.75) is 26.7 Å². The Morgan fingerprint density at radius 3 is 2.40 bits per heavy atom. The highest BCUT2D eigenvalue weighted by molar-refractivity contribution is 5.47. The molecule has 0 saturated carbocycles. The number of nitrogens with one attached hydrogen (secondary N) is 2. The van der Waals surface area contributed by atoms with Crippen LogP contribution in [0.5, 0.6) is 0 Å². The van der Waals surface area contributed by atoms with Crippen LogP contribution in [0, 0.1) is 0 Å². The molecule has 20 heavy (non-hydrogen) atoms. The van der Waals surface area contributed by atoms with Crippen molar-refractivity contribution in [3.8, 4) is 0 Å². The molecule has 0 unspecified atom stereocenters. The van der Waals surface area contributed by atoms with Crippen molar-refractivity contribution in [1.29, 1.82) is 0 Å². The highest BCUT2D eigenvalue weighted by Crippen LogP contribution is 2.17. The first-order valence-corrected chi connectivity index (χ1v) is 7.41. The van der Waals surface area contributed by atoms with Crippen LogP contribution in [-0.2, 0) is 0 Å². The van der Waals surface area contributed by atoms with E-state index in [-0.39, 0.29) is 0 Å². The standard InChI is InChI=1S/C14H26N6/c1-5-15-12-10-13(17-14(16-12)11(2)3)18-20-8-6-19(4)7-9-20/h10-11H,5-9H2,1-4H3,(H2,15,16,17,18). The Bertz CT molecular complexity index is 426. The van der Waals surface area contributed by atoms with Crippen LogP contribution in [0.3, 0.4) is 0 Å². The van der Waals surface area contributed by atoms with E-state index >= 15 is 0 Å². The summed E-state index contributed by atoms with van der Waals surface area (Å²) in [5, 5.41) is 5.49. The molecule has 1 aliphatic rings. The van der Waals surface area contributed by atoms with Gasteiger partial charge in [-0.1, -0.05) is 13.8 Å². The molecule has 1 aromatic heterocycles. The van der Waals surface area contributed by atoms with E-state index in [1.165, 1.54) is 0 Å². The van der Waals surface area contributed by atoms with Gasteiger partial charge in [-0.05, 0) is 14.0 Å². The van der Waals surface area contributed by atoms with Gasteiger partial charge < -0.3 is 15.6 Å². The summed E-state index contributed by atoms with van der Waals surface area (Å²) in [6.45, 7) is 11.3. The van der Waals surface area contributed by atoms with Crippen molar-refractivity contribution in [2.24, 2.45) is 0 Å². The Morgan fingerprint density at radius 2 is 1.80 bits per heavy atom. The van der Waals surface area contributed by atoms with Gasteiger partial charge >= 0.3 is 0 Å². The largest absolute Gasteiger partial charge is 0.370 e. The summed E-state index contributed by atoms with van der Waals surface area (Å²) in [5.74, 6) is 2.97. The van der Waals surface area contributed by atoms with Gasteiger partial charge in [-0.3, -0.25) is 0 Å². The quantitative estimate of drug-likeness (QED) is 0.853. The lowest BCUT2D eigenvalue weighted by atomic mass is 10.2. The topological polar surface area (TPSA) is 56.3 Å². The fourth-order valence-electron chi connectivity index (χ4n) is 2.13. The van der Waals surface area contributed by atoms with E-state index in [0.717, 1.165) is 50.2 Å². The molecule has 0 bridgehead atoms. The van der Waals surface area contributed by atoms with Gasteiger partial charge in [0.2, 0.25) is 0 Å². The molecule has 1 aromatic rings. The first-order valence-electron chi connectivity index (χ1n) is 7.41. The fourth-order valence-corrected chi connectivity index (χ4v) is 2.13. The third kappa shape index (κ3) is 4.05. The lowest BCUT2D eigenvalue weighted by Gasteiger charge is -2.32. The lowest BCUT2D eigenvalue weighted by Crippen LogP contribution is -2.47. The van der Waals surface area contributed by atoms with Gasteiger partial charge in [-0.2, -0.15) is 0 Å². The molecule has 6 heteroatoms. The summed E-state index contributed by atoms with van der Waals surface area (Å²) < 4.78 is 0. The van der Waals surface area contributed by atoms with Crippen LogP contribution < -0.4 is 10.7 Å². The third-order valence-electron chi connectivity index (χ3n) is 3.39. The Morgan fingerprint density at radius 1 is 1.15 bits per heavy atom. The van der Waals surface area contributed by atoms with Gasteiger partial charge in [0, 0.05) is 44.7 Å². The van der Waals surface area contributed by atoms with Crippen LogP contribution in [0.4, 0.5) is 11.6 Å². The average molecular weight is 278 g/mol. The van der Waals surface area contributed by atoms with Crippen molar-refractivity contribution in [3.63, 3.8) is 0 Å². The summed E-state index contributed by atoms with van der Waals surface area (Å²) in [7, 11) is 2.15. The molecule has 0 atom stereocenters. The molecule has 6 nitrogen and oxygen atoms in total. The molecule has 2 heterocycles. The van der Waals surface area contributed by atoms with Crippen LogP contribution in [0.2, 0.25) is 0 Å². The number of aromatic nitrogens is 2. The number of hydrogen-bond acceptors (Lipinski definition) is 6. The molecule has 0 aliphatic carbocycles. The summed E-state index contributed by atoms with van der Waals surface area (Å²) in [5.41, 5.74) is 3.41. The third-order valence-corrected chi connectivity index (χ3v) is 3.39. The molecule has 0 spiro atoms. The van der Waals surface area contributed by atoms with Crippen LogP contribution in [0.25, 0.3) is 0 Å². The normalized spacial score (nSPS) is 17.4. The van der Waals surface area contributed by atoms with E-state index in [1.807, 2.05) is 6.07 Å². The summed E-state index contributed by atoms with van der Waals surface area (Å²) >= 11 is 0. The number of hydrogen-bond donors (Lipinski definition) is 2. The van der Waals surface area contributed by atoms with Gasteiger partial charge in [-0.15, -0.1) is 0 Å². The zero-order chi connectivity index (χ0) is 14.5. The SMILES string of the molecule is CCNc1cc(NN2CCN(C)CC2)nc(C(C)C)n1. The number of anilines is 2. The van der Waals surface area contributed by atoms with Crippen LogP contribution in [-0.4, -0.2) is 59.6 Å². The molecule has 112 valence electrons. The first kappa shape index (κ1) is 15.0. The zero-order valence-electron chi connectivity index (χ0n) is 13.0. The van der Waals surface area contributed by atoms with Crippen molar-refractivity contribution in [3.05, 3.63) is 11.9 Å². The van der Waals surface area contributed by atoms with Gasteiger partial charge in [-0.25, -0.2) is 15.0 Å². The second-order valence-electron chi connectivity index (χ2n) is 5.58. The average Bonchev–Trinajstić information content (AvgIpc) is 2.41. The minimum Gasteiger partial charge on any atom is -0.370 e. The molecule has 2 N–H and O–H groups in total. The Balaban J connectivity index is 2.09. The maximum atomic E-state index is 4.61. The second kappa shape index (κ2) is 6.85. The highest BCUT2D eigenvalue weighted by Gasteiger charge is 2.15. The van der Waals surface area contributed by atoms with Crippen LogP contribution in [0.1, 0.15) is 32.5 Å². The maximum Gasteiger partial charge on any atom is 0.146 e. The Hall–Kier alpha value is -1.40. The maximum absolute atomic E-state index is 4.61. The van der Waals surface area contributed by atoms with E-state index < -0.39 is 0 Å². The fraction of sp³-hybridized carbons (Fsp3) is 0.714. The summed E-state index contributed by atoms with van der Waals surface area (Å²) in [6.07, 6.45) is 0. The molecule has 1 fully saturated rings. The van der Waals surface area contributed by atoms with E-state index in [0.29, 0.717) is 5.92 Å². The molecule has 0 aromatic carbocycles. The number of piperazine rings is 1. The molecule has 1 aliphatic heterocycles. The van der Waals surface area contributed by atoms with Gasteiger partial charge in [0.15, 0.2) is 0 Å². The lowest BCUT2D eigenvalue weighted by molar-refractivity contribution is 0.178. The number of nitrogens with zero attached hydrogens (tertiary/aromatic N) is 4. The molecule has 1 saturated heterocycles.